The number of hydrogen-bond donors (Lipinski definition) is 2. The van der Waals surface area contributed by atoms with Crippen LogP contribution in [-0.2, 0) is 4.79 Å². The zero-order chi connectivity index (χ0) is 11.2. The van der Waals surface area contributed by atoms with E-state index in [1.807, 2.05) is 0 Å². The molecule has 86 valence electrons. The predicted molar refractivity (Wildman–Crippen MR) is 58.6 cm³/mol. The Labute approximate surface area is 91.2 Å². The van der Waals surface area contributed by atoms with Crippen LogP contribution < -0.4 is 5.32 Å². The van der Waals surface area contributed by atoms with Gasteiger partial charge in [-0.15, -0.1) is 0 Å². The summed E-state index contributed by atoms with van der Waals surface area (Å²) < 4.78 is 0. The molecule has 2 fully saturated rings. The van der Waals surface area contributed by atoms with Gasteiger partial charge in [0.2, 0.25) is 0 Å². The average Bonchev–Trinajstić information content (AvgIpc) is 2.54. The highest BCUT2D eigenvalue weighted by Gasteiger charge is 2.53. The first-order valence-corrected chi connectivity index (χ1v) is 5.91. The number of hydrogen-bond acceptors (Lipinski definition) is 2. The van der Waals surface area contributed by atoms with Gasteiger partial charge < -0.3 is 10.4 Å². The molecule has 0 radical (unpaired) electrons. The van der Waals surface area contributed by atoms with Crippen molar-refractivity contribution in [3.8, 4) is 0 Å². The molecular weight excluding hydrogens is 190 g/mol. The average molecular weight is 211 g/mol. The van der Waals surface area contributed by atoms with Crippen LogP contribution in [0.1, 0.15) is 40.0 Å². The van der Waals surface area contributed by atoms with Gasteiger partial charge in [-0.1, -0.05) is 13.8 Å². The summed E-state index contributed by atoms with van der Waals surface area (Å²) in [5.74, 6) is 0.723. The molecule has 0 heterocycles. The Balaban J connectivity index is 2.00. The Hall–Kier alpha value is -0.570. The molecule has 3 nitrogen and oxygen atoms in total. The van der Waals surface area contributed by atoms with Crippen LogP contribution in [0, 0.1) is 17.3 Å². The Morgan fingerprint density at radius 3 is 2.53 bits per heavy atom. The van der Waals surface area contributed by atoms with Gasteiger partial charge in [-0.3, -0.25) is 4.79 Å². The van der Waals surface area contributed by atoms with Gasteiger partial charge >= 0.3 is 5.97 Å². The van der Waals surface area contributed by atoms with Gasteiger partial charge in [-0.05, 0) is 43.4 Å². The standard InChI is InChI=1S/C12H21NO2/c1-7(11(14)15)13-10-6-8-4-5-9(10)12(8,2)3/h7-10,13H,4-6H2,1-3H3,(H,14,15)/t7-,8?,9?,10+/m0/s1. The summed E-state index contributed by atoms with van der Waals surface area (Å²) in [6.45, 7) is 6.41. The topological polar surface area (TPSA) is 49.3 Å². The maximum Gasteiger partial charge on any atom is 0.320 e. The van der Waals surface area contributed by atoms with Crippen LogP contribution in [0.25, 0.3) is 0 Å². The zero-order valence-electron chi connectivity index (χ0n) is 9.79. The Bertz CT molecular complexity index is 275. The third kappa shape index (κ3) is 1.67. The van der Waals surface area contributed by atoms with Crippen molar-refractivity contribution >= 4 is 5.97 Å². The first-order chi connectivity index (χ1) is 6.93. The third-order valence-corrected chi connectivity index (χ3v) is 4.69. The van der Waals surface area contributed by atoms with Crippen molar-refractivity contribution in [3.05, 3.63) is 0 Å². The van der Waals surface area contributed by atoms with Gasteiger partial charge in [-0.25, -0.2) is 0 Å². The van der Waals surface area contributed by atoms with Gasteiger partial charge in [0.1, 0.15) is 6.04 Å². The lowest BCUT2D eigenvalue weighted by atomic mass is 9.81. The number of carbonyl (C=O) groups is 1. The van der Waals surface area contributed by atoms with Gasteiger partial charge in [0, 0.05) is 6.04 Å². The van der Waals surface area contributed by atoms with Crippen molar-refractivity contribution in [1.29, 1.82) is 0 Å². The molecule has 0 aromatic heterocycles. The molecule has 2 unspecified atom stereocenters. The monoisotopic (exact) mass is 211 g/mol. The van der Waals surface area contributed by atoms with Crippen molar-refractivity contribution in [2.45, 2.75) is 52.1 Å². The van der Waals surface area contributed by atoms with Gasteiger partial charge in [0.05, 0.1) is 0 Å². The summed E-state index contributed by atoms with van der Waals surface area (Å²) in [6.07, 6.45) is 3.76. The molecule has 0 amide bonds. The molecule has 2 rings (SSSR count). The van der Waals surface area contributed by atoms with E-state index in [0.29, 0.717) is 17.4 Å². The van der Waals surface area contributed by atoms with E-state index in [1.165, 1.54) is 12.8 Å². The number of carboxylic acids is 1. The predicted octanol–water partition coefficient (Wildman–Crippen LogP) is 1.87. The number of nitrogens with one attached hydrogen (secondary N) is 1. The van der Waals surface area contributed by atoms with Crippen LogP contribution >= 0.6 is 0 Å². The minimum atomic E-state index is -0.740. The zero-order valence-corrected chi connectivity index (χ0v) is 9.79. The second-order valence-corrected chi connectivity index (χ2v) is 5.77. The quantitative estimate of drug-likeness (QED) is 0.749. The first-order valence-electron chi connectivity index (χ1n) is 5.91. The van der Waals surface area contributed by atoms with E-state index in [1.54, 1.807) is 6.92 Å². The van der Waals surface area contributed by atoms with E-state index in [0.717, 1.165) is 12.3 Å². The number of rotatable bonds is 3. The first kappa shape index (κ1) is 10.9. The molecule has 4 atom stereocenters. The Kier molecular flexibility index (Phi) is 2.53. The number of aliphatic carboxylic acids is 1. The summed E-state index contributed by atoms with van der Waals surface area (Å²) >= 11 is 0. The number of carboxylic acid groups (broad SMARTS) is 1. The molecular formula is C12H21NO2. The van der Waals surface area contributed by atoms with Crippen molar-refractivity contribution in [1.82, 2.24) is 5.32 Å². The molecule has 15 heavy (non-hydrogen) atoms. The van der Waals surface area contributed by atoms with E-state index in [9.17, 15) is 4.79 Å². The molecule has 0 aliphatic heterocycles. The molecule has 2 aliphatic carbocycles. The maximum absolute atomic E-state index is 10.8. The Morgan fingerprint density at radius 2 is 2.13 bits per heavy atom. The highest BCUT2D eigenvalue weighted by molar-refractivity contribution is 5.72. The summed E-state index contributed by atoms with van der Waals surface area (Å²) in [5, 5.41) is 12.1. The third-order valence-electron chi connectivity index (χ3n) is 4.69. The van der Waals surface area contributed by atoms with Gasteiger partial charge in [0.25, 0.3) is 0 Å². The highest BCUT2D eigenvalue weighted by atomic mass is 16.4. The van der Waals surface area contributed by atoms with E-state index in [2.05, 4.69) is 19.2 Å². The summed E-state index contributed by atoms with van der Waals surface area (Å²) in [6, 6.07) is 0.00926. The minimum absolute atomic E-state index is 0.412. The highest BCUT2D eigenvalue weighted by Crippen LogP contribution is 2.57. The number of fused-ring (bicyclic) bond motifs is 2. The summed E-state index contributed by atoms with van der Waals surface area (Å²) in [5.41, 5.74) is 0.413. The van der Waals surface area contributed by atoms with Crippen molar-refractivity contribution in [3.63, 3.8) is 0 Å². The second kappa shape index (κ2) is 3.48. The second-order valence-electron chi connectivity index (χ2n) is 5.77. The fraction of sp³-hybridized carbons (Fsp3) is 0.917. The molecule has 2 N–H and O–H groups in total. The molecule has 0 saturated heterocycles. The van der Waals surface area contributed by atoms with Crippen molar-refractivity contribution in [2.75, 3.05) is 0 Å². The molecule has 0 aromatic rings. The normalized spacial score (nSPS) is 39.3. The van der Waals surface area contributed by atoms with Gasteiger partial charge in [-0.2, -0.15) is 0 Å². The van der Waals surface area contributed by atoms with Crippen molar-refractivity contribution in [2.24, 2.45) is 17.3 Å². The summed E-state index contributed by atoms with van der Waals surface area (Å²) in [7, 11) is 0. The van der Waals surface area contributed by atoms with Gasteiger partial charge in [0.15, 0.2) is 0 Å². The van der Waals surface area contributed by atoms with Crippen LogP contribution in [0.3, 0.4) is 0 Å². The fourth-order valence-corrected chi connectivity index (χ4v) is 3.62. The van der Waals surface area contributed by atoms with E-state index >= 15 is 0 Å². The molecule has 0 aromatic carbocycles. The molecule has 2 aliphatic rings. The lowest BCUT2D eigenvalue weighted by Gasteiger charge is -2.28. The molecule has 2 bridgehead atoms. The van der Waals surface area contributed by atoms with Crippen LogP contribution in [0.15, 0.2) is 0 Å². The van der Waals surface area contributed by atoms with E-state index in [4.69, 9.17) is 5.11 Å². The fourth-order valence-electron chi connectivity index (χ4n) is 3.62. The lowest BCUT2D eigenvalue weighted by molar-refractivity contribution is -0.139. The van der Waals surface area contributed by atoms with Crippen molar-refractivity contribution < 1.29 is 9.90 Å². The summed E-state index contributed by atoms with van der Waals surface area (Å²) in [4.78, 5) is 10.8. The van der Waals surface area contributed by atoms with Crippen LogP contribution in [0.2, 0.25) is 0 Å². The largest absolute Gasteiger partial charge is 0.480 e. The van der Waals surface area contributed by atoms with E-state index < -0.39 is 12.0 Å². The smallest absolute Gasteiger partial charge is 0.320 e. The molecule has 0 spiro atoms. The van der Waals surface area contributed by atoms with E-state index in [-0.39, 0.29) is 0 Å². The van der Waals surface area contributed by atoms with Crippen LogP contribution in [0.4, 0.5) is 0 Å². The minimum Gasteiger partial charge on any atom is -0.480 e. The molecule has 2 saturated carbocycles. The SMILES string of the molecule is C[C@H](N[C@@H]1CC2CCC1C2(C)C)C(=O)O. The van der Waals surface area contributed by atoms with Crippen LogP contribution in [0.5, 0.6) is 0 Å². The molecule has 3 heteroatoms. The maximum atomic E-state index is 10.8. The van der Waals surface area contributed by atoms with Crippen LogP contribution in [-0.4, -0.2) is 23.2 Å². The Morgan fingerprint density at radius 1 is 1.47 bits per heavy atom. The lowest BCUT2D eigenvalue weighted by Crippen LogP contribution is -2.44.